The summed E-state index contributed by atoms with van der Waals surface area (Å²) in [5.74, 6) is -1.88. The molecule has 0 saturated heterocycles. The maximum Gasteiger partial charge on any atom is 0.418 e. The number of anilines is 2. The van der Waals surface area contributed by atoms with E-state index in [0.29, 0.717) is 5.69 Å². The molecule has 0 aliphatic heterocycles. The molecule has 0 saturated carbocycles. The number of aromatic nitrogens is 1. The molecular formula is C20H15F4N3O2S. The Bertz CT molecular complexity index is 1080. The Labute approximate surface area is 172 Å². The number of alkyl halides is 3. The van der Waals surface area contributed by atoms with Crippen LogP contribution in [0.1, 0.15) is 26.6 Å². The van der Waals surface area contributed by atoms with Gasteiger partial charge < -0.3 is 10.6 Å². The topological polar surface area (TPSA) is 71.1 Å². The van der Waals surface area contributed by atoms with Crippen molar-refractivity contribution in [2.45, 2.75) is 19.5 Å². The van der Waals surface area contributed by atoms with Gasteiger partial charge in [-0.15, -0.1) is 11.3 Å². The Morgan fingerprint density at radius 3 is 2.37 bits per heavy atom. The summed E-state index contributed by atoms with van der Waals surface area (Å²) < 4.78 is 53.4. The van der Waals surface area contributed by atoms with Gasteiger partial charge in [-0.25, -0.2) is 9.37 Å². The Kier molecular flexibility index (Phi) is 6.16. The van der Waals surface area contributed by atoms with E-state index in [2.05, 4.69) is 15.6 Å². The van der Waals surface area contributed by atoms with E-state index in [0.717, 1.165) is 29.3 Å². The van der Waals surface area contributed by atoms with E-state index in [1.807, 2.05) is 0 Å². The van der Waals surface area contributed by atoms with Crippen molar-refractivity contribution < 1.29 is 27.2 Å². The van der Waals surface area contributed by atoms with E-state index in [1.165, 1.54) is 29.5 Å². The maximum atomic E-state index is 13.5. The van der Waals surface area contributed by atoms with Gasteiger partial charge in [-0.3, -0.25) is 9.59 Å². The summed E-state index contributed by atoms with van der Waals surface area (Å²) in [7, 11) is 0. The van der Waals surface area contributed by atoms with Crippen molar-refractivity contribution in [2.24, 2.45) is 0 Å². The van der Waals surface area contributed by atoms with Gasteiger partial charge in [0.25, 0.3) is 5.91 Å². The molecule has 2 N–H and O–H groups in total. The first-order chi connectivity index (χ1) is 14.1. The van der Waals surface area contributed by atoms with Crippen molar-refractivity contribution in [3.63, 3.8) is 0 Å². The lowest BCUT2D eigenvalue weighted by atomic mass is 10.1. The summed E-state index contributed by atoms with van der Waals surface area (Å²) >= 11 is 1.33. The second-order valence-electron chi connectivity index (χ2n) is 6.30. The largest absolute Gasteiger partial charge is 0.418 e. The molecule has 2 amide bonds. The van der Waals surface area contributed by atoms with Crippen LogP contribution in [-0.4, -0.2) is 16.8 Å². The van der Waals surface area contributed by atoms with Crippen LogP contribution in [0.15, 0.2) is 47.8 Å². The fourth-order valence-electron chi connectivity index (χ4n) is 2.62. The Balaban J connectivity index is 1.78. The highest BCUT2D eigenvalue weighted by atomic mass is 32.1. The molecule has 10 heteroatoms. The van der Waals surface area contributed by atoms with Crippen LogP contribution in [0.4, 0.5) is 28.9 Å². The van der Waals surface area contributed by atoms with Crippen LogP contribution in [0.25, 0.3) is 0 Å². The van der Waals surface area contributed by atoms with Gasteiger partial charge in [0.15, 0.2) is 0 Å². The molecule has 5 nitrogen and oxygen atoms in total. The molecule has 0 aliphatic carbocycles. The maximum absolute atomic E-state index is 13.5. The van der Waals surface area contributed by atoms with Crippen LogP contribution in [0.5, 0.6) is 0 Å². The summed E-state index contributed by atoms with van der Waals surface area (Å²) in [5.41, 5.74) is -1.11. The molecule has 30 heavy (non-hydrogen) atoms. The number of nitrogens with zero attached hydrogens (tertiary/aromatic N) is 1. The summed E-state index contributed by atoms with van der Waals surface area (Å²) in [6.07, 6.45) is -4.93. The van der Waals surface area contributed by atoms with Gasteiger partial charge in [-0.05, 0) is 49.4 Å². The van der Waals surface area contributed by atoms with Gasteiger partial charge in [0.2, 0.25) is 5.91 Å². The van der Waals surface area contributed by atoms with Crippen LogP contribution in [0, 0.1) is 12.7 Å². The van der Waals surface area contributed by atoms with Crippen LogP contribution in [0.3, 0.4) is 0 Å². The number of carbonyl (C=O) groups is 2. The molecular weight excluding hydrogens is 422 g/mol. The number of nitrogens with one attached hydrogen (secondary N) is 2. The number of thiazole rings is 1. The fourth-order valence-corrected chi connectivity index (χ4v) is 3.23. The van der Waals surface area contributed by atoms with Crippen LogP contribution in [-0.2, 0) is 17.4 Å². The molecule has 2 aromatic carbocycles. The predicted octanol–water partition coefficient (Wildman–Crippen LogP) is 5.04. The molecule has 0 unspecified atom stereocenters. The minimum absolute atomic E-state index is 0.0842. The summed E-state index contributed by atoms with van der Waals surface area (Å²) in [5, 5.41) is 6.98. The normalized spacial score (nSPS) is 11.2. The number of aryl methyl sites for hydroxylation is 1. The van der Waals surface area contributed by atoms with E-state index in [-0.39, 0.29) is 17.7 Å². The number of hydrogen-bond acceptors (Lipinski definition) is 4. The molecule has 1 heterocycles. The number of carbonyl (C=O) groups excluding carboxylic acids is 2. The lowest BCUT2D eigenvalue weighted by Gasteiger charge is -2.16. The average molecular weight is 437 g/mol. The molecule has 0 atom stereocenters. The summed E-state index contributed by atoms with van der Waals surface area (Å²) in [6.45, 7) is 1.76. The van der Waals surface area contributed by atoms with Gasteiger partial charge in [0.05, 0.1) is 28.4 Å². The molecule has 3 aromatic rings. The number of rotatable bonds is 5. The highest BCUT2D eigenvalue weighted by Crippen LogP contribution is 2.36. The zero-order valence-electron chi connectivity index (χ0n) is 15.5. The third-order valence-corrected chi connectivity index (χ3v) is 4.79. The Morgan fingerprint density at radius 1 is 1.07 bits per heavy atom. The number of halogens is 4. The smallest absolute Gasteiger partial charge is 0.325 e. The molecule has 1 aromatic heterocycles. The van der Waals surface area contributed by atoms with Gasteiger partial charge in [-0.1, -0.05) is 0 Å². The zero-order chi connectivity index (χ0) is 21.9. The number of hydrogen-bond donors (Lipinski definition) is 2. The van der Waals surface area contributed by atoms with E-state index < -0.39 is 35.1 Å². The van der Waals surface area contributed by atoms with Crippen molar-refractivity contribution in [1.29, 1.82) is 0 Å². The highest BCUT2D eigenvalue weighted by Gasteiger charge is 2.34. The van der Waals surface area contributed by atoms with Gasteiger partial charge in [0.1, 0.15) is 5.82 Å². The third-order valence-electron chi connectivity index (χ3n) is 3.97. The van der Waals surface area contributed by atoms with Crippen LogP contribution in [0.2, 0.25) is 0 Å². The Hall–Kier alpha value is -3.27. The first kappa shape index (κ1) is 21.4. The van der Waals surface area contributed by atoms with Crippen molar-refractivity contribution in [1.82, 2.24) is 4.98 Å². The molecule has 0 aliphatic rings. The second-order valence-corrected chi connectivity index (χ2v) is 7.36. The van der Waals surface area contributed by atoms with E-state index in [1.54, 1.807) is 12.3 Å². The molecule has 0 radical (unpaired) electrons. The molecule has 156 valence electrons. The lowest BCUT2D eigenvalue weighted by Crippen LogP contribution is -2.19. The summed E-state index contributed by atoms with van der Waals surface area (Å²) in [4.78, 5) is 28.4. The van der Waals surface area contributed by atoms with E-state index >= 15 is 0 Å². The van der Waals surface area contributed by atoms with Crippen molar-refractivity contribution >= 4 is 34.5 Å². The first-order valence-electron chi connectivity index (χ1n) is 8.61. The van der Waals surface area contributed by atoms with Gasteiger partial charge in [-0.2, -0.15) is 13.2 Å². The molecule has 0 spiro atoms. The van der Waals surface area contributed by atoms with Crippen LogP contribution >= 0.6 is 11.3 Å². The Morgan fingerprint density at radius 2 is 1.77 bits per heavy atom. The second kappa shape index (κ2) is 8.62. The predicted molar refractivity (Wildman–Crippen MR) is 105 cm³/mol. The minimum Gasteiger partial charge on any atom is -0.325 e. The van der Waals surface area contributed by atoms with E-state index in [9.17, 15) is 27.2 Å². The fraction of sp³-hybridized carbons (Fsp3) is 0.150. The quantitative estimate of drug-likeness (QED) is 0.549. The van der Waals surface area contributed by atoms with Gasteiger partial charge in [0, 0.05) is 16.6 Å². The van der Waals surface area contributed by atoms with Crippen LogP contribution < -0.4 is 10.6 Å². The highest BCUT2D eigenvalue weighted by molar-refractivity contribution is 7.09. The molecule has 3 rings (SSSR count). The van der Waals surface area contributed by atoms with Crippen molar-refractivity contribution in [3.8, 4) is 0 Å². The standard InChI is InChI=1S/C20H15F4N3O2S/c1-11-25-15(10-30-11)9-18(28)27-17-7-6-14(8-16(17)20(22,23)24)26-19(29)12-2-4-13(21)5-3-12/h2-8,10H,9H2,1H3,(H,26,29)(H,27,28). The van der Waals surface area contributed by atoms with E-state index in [4.69, 9.17) is 0 Å². The third kappa shape index (κ3) is 5.41. The SMILES string of the molecule is Cc1nc(CC(=O)Nc2ccc(NC(=O)c3ccc(F)cc3)cc2C(F)(F)F)cs1. The number of benzene rings is 2. The lowest BCUT2D eigenvalue weighted by molar-refractivity contribution is -0.136. The molecule has 0 bridgehead atoms. The monoisotopic (exact) mass is 437 g/mol. The number of amides is 2. The van der Waals surface area contributed by atoms with Crippen molar-refractivity contribution in [2.75, 3.05) is 10.6 Å². The van der Waals surface area contributed by atoms with Crippen molar-refractivity contribution in [3.05, 3.63) is 75.5 Å². The minimum atomic E-state index is -4.77. The zero-order valence-corrected chi connectivity index (χ0v) is 16.3. The average Bonchev–Trinajstić information content (AvgIpc) is 3.07. The first-order valence-corrected chi connectivity index (χ1v) is 9.49. The van der Waals surface area contributed by atoms with Gasteiger partial charge >= 0.3 is 6.18 Å². The summed E-state index contributed by atoms with van der Waals surface area (Å²) in [6, 6.07) is 7.59. The molecule has 0 fully saturated rings.